The van der Waals surface area contributed by atoms with Gasteiger partial charge in [-0.3, -0.25) is 9.78 Å². The first-order chi connectivity index (χ1) is 12.5. The normalized spacial score (nSPS) is 16.3. The molecule has 8 heteroatoms. The van der Waals surface area contributed by atoms with Crippen LogP contribution in [0.5, 0.6) is 0 Å². The molecule has 1 saturated heterocycles. The van der Waals surface area contributed by atoms with Crippen LogP contribution >= 0.6 is 0 Å². The Hall–Kier alpha value is -2.32. The molecule has 1 aromatic carbocycles. The first-order valence-electron chi connectivity index (χ1n) is 8.54. The van der Waals surface area contributed by atoms with Crippen molar-refractivity contribution in [1.82, 2.24) is 19.2 Å². The summed E-state index contributed by atoms with van der Waals surface area (Å²) in [4.78, 5) is 22.1. The fourth-order valence-electron chi connectivity index (χ4n) is 2.93. The molecule has 1 fully saturated rings. The first-order valence-corrected chi connectivity index (χ1v) is 10.2. The van der Waals surface area contributed by atoms with Crippen LogP contribution in [0.1, 0.15) is 28.0 Å². The average molecular weight is 374 g/mol. The number of hydrogen-bond acceptors (Lipinski definition) is 5. The van der Waals surface area contributed by atoms with Gasteiger partial charge >= 0.3 is 0 Å². The SMILES string of the molecule is Cc1ccc(CS(=O)(=O)N2CCCN(C(=O)c3cnccn3)CC2)cc1. The molecule has 0 radical (unpaired) electrons. The van der Waals surface area contributed by atoms with E-state index in [1.807, 2.05) is 31.2 Å². The van der Waals surface area contributed by atoms with Crippen molar-refractivity contribution in [3.63, 3.8) is 0 Å². The molecule has 0 aliphatic carbocycles. The Morgan fingerprint density at radius 3 is 2.54 bits per heavy atom. The number of carbonyl (C=O) groups is 1. The lowest BCUT2D eigenvalue weighted by molar-refractivity contribution is 0.0758. The topological polar surface area (TPSA) is 83.5 Å². The Morgan fingerprint density at radius 1 is 1.08 bits per heavy atom. The summed E-state index contributed by atoms with van der Waals surface area (Å²) in [6.07, 6.45) is 5.01. The molecule has 0 spiro atoms. The van der Waals surface area contributed by atoms with Crippen molar-refractivity contribution in [2.45, 2.75) is 19.1 Å². The Bertz CT molecular complexity index is 854. The summed E-state index contributed by atoms with van der Waals surface area (Å²) >= 11 is 0. The van der Waals surface area contributed by atoms with Crippen LogP contribution in [-0.2, 0) is 15.8 Å². The number of amides is 1. The molecule has 0 unspecified atom stereocenters. The molecule has 0 bridgehead atoms. The second-order valence-corrected chi connectivity index (χ2v) is 8.35. The molecule has 1 aromatic heterocycles. The molecule has 138 valence electrons. The second-order valence-electron chi connectivity index (χ2n) is 6.38. The lowest BCUT2D eigenvalue weighted by atomic mass is 10.2. The van der Waals surface area contributed by atoms with E-state index < -0.39 is 10.0 Å². The van der Waals surface area contributed by atoms with Gasteiger partial charge in [0.1, 0.15) is 5.69 Å². The van der Waals surface area contributed by atoms with Gasteiger partial charge in [0.25, 0.3) is 5.91 Å². The third kappa shape index (κ3) is 4.44. The van der Waals surface area contributed by atoms with E-state index in [0.717, 1.165) is 11.1 Å². The minimum absolute atomic E-state index is 0.0224. The first kappa shape index (κ1) is 18.5. The van der Waals surface area contributed by atoms with E-state index in [9.17, 15) is 13.2 Å². The maximum atomic E-state index is 12.7. The molecule has 0 N–H and O–H groups in total. The largest absolute Gasteiger partial charge is 0.336 e. The quantitative estimate of drug-likeness (QED) is 0.809. The molecule has 2 heterocycles. The van der Waals surface area contributed by atoms with Gasteiger partial charge in [-0.2, -0.15) is 4.31 Å². The van der Waals surface area contributed by atoms with Gasteiger partial charge in [-0.25, -0.2) is 13.4 Å². The number of benzene rings is 1. The number of aromatic nitrogens is 2. The lowest BCUT2D eigenvalue weighted by Crippen LogP contribution is -2.38. The minimum Gasteiger partial charge on any atom is -0.336 e. The lowest BCUT2D eigenvalue weighted by Gasteiger charge is -2.21. The Kier molecular flexibility index (Phi) is 5.63. The van der Waals surface area contributed by atoms with Gasteiger partial charge in [-0.05, 0) is 18.9 Å². The van der Waals surface area contributed by atoms with Crippen molar-refractivity contribution in [3.05, 3.63) is 59.7 Å². The van der Waals surface area contributed by atoms with Gasteiger partial charge in [0.15, 0.2) is 0 Å². The Morgan fingerprint density at radius 2 is 1.85 bits per heavy atom. The van der Waals surface area contributed by atoms with E-state index in [4.69, 9.17) is 0 Å². The maximum Gasteiger partial charge on any atom is 0.274 e. The number of rotatable bonds is 4. The van der Waals surface area contributed by atoms with E-state index in [2.05, 4.69) is 9.97 Å². The number of nitrogens with zero attached hydrogens (tertiary/aromatic N) is 4. The van der Waals surface area contributed by atoms with E-state index in [-0.39, 0.29) is 17.4 Å². The zero-order valence-corrected chi connectivity index (χ0v) is 15.5. The minimum atomic E-state index is -3.42. The third-order valence-electron chi connectivity index (χ3n) is 4.39. The molecule has 0 saturated carbocycles. The zero-order chi connectivity index (χ0) is 18.6. The molecule has 26 heavy (non-hydrogen) atoms. The van der Waals surface area contributed by atoms with Crippen molar-refractivity contribution in [2.24, 2.45) is 0 Å². The fraction of sp³-hybridized carbons (Fsp3) is 0.389. The molecule has 7 nitrogen and oxygen atoms in total. The summed E-state index contributed by atoms with van der Waals surface area (Å²) in [5.74, 6) is -0.235. The molecular weight excluding hydrogens is 352 g/mol. The number of sulfonamides is 1. The van der Waals surface area contributed by atoms with E-state index >= 15 is 0 Å². The molecule has 2 aromatic rings. The van der Waals surface area contributed by atoms with E-state index in [1.54, 1.807) is 4.90 Å². The van der Waals surface area contributed by atoms with Crippen molar-refractivity contribution in [2.75, 3.05) is 26.2 Å². The van der Waals surface area contributed by atoms with Crippen LogP contribution in [0.2, 0.25) is 0 Å². The predicted molar refractivity (Wildman–Crippen MR) is 97.9 cm³/mol. The van der Waals surface area contributed by atoms with Crippen molar-refractivity contribution >= 4 is 15.9 Å². The van der Waals surface area contributed by atoms with Crippen LogP contribution < -0.4 is 0 Å². The van der Waals surface area contributed by atoms with Gasteiger partial charge in [-0.15, -0.1) is 0 Å². The van der Waals surface area contributed by atoms with Gasteiger partial charge < -0.3 is 4.90 Å². The van der Waals surface area contributed by atoms with Crippen LogP contribution in [0.15, 0.2) is 42.9 Å². The highest BCUT2D eigenvalue weighted by atomic mass is 32.2. The van der Waals surface area contributed by atoms with Gasteiger partial charge in [0.2, 0.25) is 10.0 Å². The summed E-state index contributed by atoms with van der Waals surface area (Å²) in [6.45, 7) is 3.53. The molecule has 1 aliphatic heterocycles. The van der Waals surface area contributed by atoms with E-state index in [1.165, 1.54) is 22.9 Å². The Labute approximate surface area is 153 Å². The van der Waals surface area contributed by atoms with Crippen molar-refractivity contribution in [1.29, 1.82) is 0 Å². The summed E-state index contributed by atoms with van der Waals surface area (Å²) in [5.41, 5.74) is 2.15. The fourth-order valence-corrected chi connectivity index (χ4v) is 4.50. The molecular formula is C18H22N4O3S. The second kappa shape index (κ2) is 7.92. The number of hydrogen-bond donors (Lipinski definition) is 0. The van der Waals surface area contributed by atoms with Crippen LogP contribution in [0.4, 0.5) is 0 Å². The van der Waals surface area contributed by atoms with Gasteiger partial charge in [0.05, 0.1) is 11.9 Å². The zero-order valence-electron chi connectivity index (χ0n) is 14.7. The smallest absolute Gasteiger partial charge is 0.274 e. The average Bonchev–Trinajstić information content (AvgIpc) is 2.90. The number of carbonyl (C=O) groups excluding carboxylic acids is 1. The van der Waals surface area contributed by atoms with Gasteiger partial charge in [-0.1, -0.05) is 29.8 Å². The van der Waals surface area contributed by atoms with Crippen LogP contribution in [0, 0.1) is 6.92 Å². The highest BCUT2D eigenvalue weighted by Crippen LogP contribution is 2.15. The third-order valence-corrected chi connectivity index (χ3v) is 6.24. The van der Waals surface area contributed by atoms with Crippen LogP contribution in [-0.4, -0.2) is 59.7 Å². The highest BCUT2D eigenvalue weighted by Gasteiger charge is 2.27. The number of aryl methyl sites for hydroxylation is 1. The van der Waals surface area contributed by atoms with Crippen molar-refractivity contribution in [3.8, 4) is 0 Å². The predicted octanol–water partition coefficient (Wildman–Crippen LogP) is 1.46. The molecule has 0 atom stereocenters. The molecule has 3 rings (SSSR count). The maximum absolute atomic E-state index is 12.7. The monoisotopic (exact) mass is 374 g/mol. The summed E-state index contributed by atoms with van der Waals surface area (Å²) in [7, 11) is -3.42. The van der Waals surface area contributed by atoms with Gasteiger partial charge in [0, 0.05) is 38.6 Å². The van der Waals surface area contributed by atoms with Crippen LogP contribution in [0.25, 0.3) is 0 Å². The molecule has 1 aliphatic rings. The Balaban J connectivity index is 1.66. The summed E-state index contributed by atoms with van der Waals surface area (Å²) < 4.78 is 27.0. The summed E-state index contributed by atoms with van der Waals surface area (Å²) in [6, 6.07) is 7.51. The molecule has 1 amide bonds. The van der Waals surface area contributed by atoms with Crippen LogP contribution in [0.3, 0.4) is 0 Å². The highest BCUT2D eigenvalue weighted by molar-refractivity contribution is 7.88. The van der Waals surface area contributed by atoms with E-state index in [0.29, 0.717) is 32.6 Å². The van der Waals surface area contributed by atoms with Crippen molar-refractivity contribution < 1.29 is 13.2 Å². The standard InChI is InChI=1S/C18H22N4O3S/c1-15-3-5-16(6-4-15)14-26(24,25)22-10-2-9-21(11-12-22)18(23)17-13-19-7-8-20-17/h3-8,13H,2,9-12,14H2,1H3. The summed E-state index contributed by atoms with van der Waals surface area (Å²) in [5, 5.41) is 0.